The molecule has 20 heteroatoms. The van der Waals surface area contributed by atoms with Crippen molar-refractivity contribution in [3.05, 3.63) is 108 Å². The SMILES string of the molecule is CC(C)(CCCC#N)CN(CC(O)[C@@H](N)Cc1ccccc1)S(=O)(=O)c1ccc2c(c1)OCCO2.CC(C)(CCCC#N)CN(CC(O)[C@H](Cc1ccccc1)NCB=O)S(=O)(=O)c1ccc2c(c1)OCCO2. The van der Waals surface area contributed by atoms with Gasteiger partial charge in [0.05, 0.1) is 17.1 Å². The van der Waals surface area contributed by atoms with E-state index in [1.807, 2.05) is 88.4 Å². The summed E-state index contributed by atoms with van der Waals surface area (Å²) >= 11 is 0. The van der Waals surface area contributed by atoms with Gasteiger partial charge in [0.15, 0.2) is 11.5 Å². The molecule has 2 heterocycles. The Labute approximate surface area is 432 Å². The number of aliphatic hydroxyl groups excluding tert-OH is 2. The topological polar surface area (TPSA) is 255 Å². The van der Waals surface area contributed by atoms with Crippen molar-refractivity contribution in [1.82, 2.24) is 13.9 Å². The molecule has 394 valence electrons. The van der Waals surface area contributed by atoms with E-state index < -0.39 is 55.2 Å². The van der Waals surface area contributed by atoms with Gasteiger partial charge in [0.2, 0.25) is 10.0 Å². The molecule has 0 saturated heterocycles. The number of sulfonamides is 2. The number of nitrogens with two attached hydrogens (primary N) is 1. The zero-order valence-corrected chi connectivity index (χ0v) is 44.0. The summed E-state index contributed by atoms with van der Waals surface area (Å²) in [6.07, 6.45) is 2.10. The molecule has 5 N–H and O–H groups in total. The average Bonchev–Trinajstić information content (AvgIpc) is 3.37. The van der Waals surface area contributed by atoms with Crippen LogP contribution in [-0.4, -0.2) is 126 Å². The summed E-state index contributed by atoms with van der Waals surface area (Å²) in [5, 5.41) is 43.1. The Morgan fingerprint density at radius 3 is 1.48 bits per heavy atom. The Kier molecular flexibility index (Phi) is 22.2. The van der Waals surface area contributed by atoms with E-state index in [4.69, 9.17) is 35.2 Å². The Hall–Kier alpha value is -5.42. The molecule has 0 saturated carbocycles. The average molecular weight is 1040 g/mol. The number of nitrogens with zero attached hydrogens (tertiary/aromatic N) is 4. The van der Waals surface area contributed by atoms with Crippen molar-refractivity contribution in [2.24, 2.45) is 16.6 Å². The van der Waals surface area contributed by atoms with Gasteiger partial charge in [-0.05, 0) is 42.4 Å². The molecule has 2 unspecified atom stereocenters. The van der Waals surface area contributed by atoms with Gasteiger partial charge in [-0.15, -0.1) is 0 Å². The van der Waals surface area contributed by atoms with Crippen LogP contribution in [0.3, 0.4) is 0 Å². The van der Waals surface area contributed by atoms with E-state index in [2.05, 4.69) is 17.5 Å². The van der Waals surface area contributed by atoms with Crippen molar-refractivity contribution in [1.29, 1.82) is 10.5 Å². The summed E-state index contributed by atoms with van der Waals surface area (Å²) < 4.78 is 91.4. The fourth-order valence-electron chi connectivity index (χ4n) is 8.68. The zero-order valence-electron chi connectivity index (χ0n) is 42.4. The Bertz CT molecular complexity index is 2690. The first-order chi connectivity index (χ1) is 34.8. The van der Waals surface area contributed by atoms with E-state index in [1.165, 1.54) is 32.9 Å². The van der Waals surface area contributed by atoms with Crippen LogP contribution in [0.4, 0.5) is 0 Å². The molecule has 4 aromatic rings. The number of hydrogen-bond donors (Lipinski definition) is 4. The molecule has 4 atom stereocenters. The van der Waals surface area contributed by atoms with E-state index in [0.717, 1.165) is 11.1 Å². The first-order valence-corrected chi connectivity index (χ1v) is 27.6. The standard InChI is InChI=1S/C27H36BN3O6S.C26H35N3O5S/c1-27(2,12-6-7-13-29)19-31(38(34,35)22-10-11-25-26(17-22)37-15-14-36-25)18-24(32)23(30-20-28-33)16-21-8-4-3-5-9-21;1-26(2,12-6-7-13-27)19-29(18-23(30)22(28)16-20-8-4-3-5-9-20)35(31,32)21-10-11-24-25(17-21)34-15-14-33-24/h3-5,8-11,17,23-24,30,32H,6-7,12,14-16,18-20H2,1-2H3;3-5,8-11,17,22-23,30H,6-7,12,14-16,18-19,28H2,1-2H3/t23-,24?;22-,23?/m00/s1. The first kappa shape index (κ1) is 58.5. The predicted octanol–water partition coefficient (Wildman–Crippen LogP) is 5.84. The first-order valence-electron chi connectivity index (χ1n) is 24.7. The molecule has 0 spiro atoms. The number of hydrogen-bond acceptors (Lipinski definition) is 15. The third kappa shape index (κ3) is 17.9. The zero-order chi connectivity index (χ0) is 53.1. The van der Waals surface area contributed by atoms with Crippen LogP contribution in [0, 0.1) is 33.5 Å². The molecule has 6 rings (SSSR count). The van der Waals surface area contributed by atoms with Crippen LogP contribution in [-0.2, 0) is 37.6 Å². The van der Waals surface area contributed by atoms with Crippen molar-refractivity contribution in [3.63, 3.8) is 0 Å². The van der Waals surface area contributed by atoms with Crippen molar-refractivity contribution in [2.75, 3.05) is 59.1 Å². The minimum absolute atomic E-state index is 0.0309. The number of nitriles is 2. The molecule has 4 aromatic carbocycles. The van der Waals surface area contributed by atoms with E-state index in [9.17, 15) is 31.8 Å². The van der Waals surface area contributed by atoms with Crippen LogP contribution in [0.2, 0.25) is 0 Å². The van der Waals surface area contributed by atoms with E-state index in [1.54, 1.807) is 12.1 Å². The monoisotopic (exact) mass is 1040 g/mol. The summed E-state index contributed by atoms with van der Waals surface area (Å²) in [6, 6.07) is 31.2. The quantitative estimate of drug-likeness (QED) is 0.0405. The second kappa shape index (κ2) is 27.8. The summed E-state index contributed by atoms with van der Waals surface area (Å²) in [7, 11) is -7.31. The predicted molar refractivity (Wildman–Crippen MR) is 277 cm³/mol. The number of benzene rings is 4. The molecule has 0 fully saturated rings. The van der Waals surface area contributed by atoms with Crippen molar-refractivity contribution >= 4 is 27.2 Å². The molecule has 0 amide bonds. The second-order valence-electron chi connectivity index (χ2n) is 19.9. The van der Waals surface area contributed by atoms with Crippen LogP contribution in [0.15, 0.2) is 107 Å². The molecular formula is C53H71BN6O11S2. The Morgan fingerprint density at radius 2 is 1.05 bits per heavy atom. The second-order valence-corrected chi connectivity index (χ2v) is 23.8. The van der Waals surface area contributed by atoms with Crippen molar-refractivity contribution in [2.45, 2.75) is 113 Å². The fraction of sp³-hybridized carbons (Fsp3) is 0.509. The maximum absolute atomic E-state index is 13.9. The normalized spacial score (nSPS) is 15.2. The molecular weight excluding hydrogens is 972 g/mol. The number of unbranched alkanes of at least 4 members (excludes halogenated alkanes) is 2. The molecule has 0 bridgehead atoms. The number of nitrogens with one attached hydrogen (secondary N) is 1. The third-order valence-corrected chi connectivity index (χ3v) is 16.2. The van der Waals surface area contributed by atoms with Crippen molar-refractivity contribution < 1.29 is 50.7 Å². The summed E-state index contributed by atoms with van der Waals surface area (Å²) in [6.45, 7) is 9.30. The van der Waals surface area contributed by atoms with Crippen LogP contribution >= 0.6 is 0 Å². The summed E-state index contributed by atoms with van der Waals surface area (Å²) in [4.78, 5) is 0.112. The number of aliphatic hydroxyl groups is 2. The Morgan fingerprint density at radius 1 is 0.644 bits per heavy atom. The van der Waals surface area contributed by atoms with E-state index in [0.29, 0.717) is 108 Å². The van der Waals surface area contributed by atoms with Gasteiger partial charge >= 0.3 is 214 Å². The van der Waals surface area contributed by atoms with Gasteiger partial charge in [-0.2, -0.15) is 14.8 Å². The molecule has 2 aliphatic heterocycles. The van der Waals surface area contributed by atoms with Crippen LogP contribution in [0.25, 0.3) is 0 Å². The number of ether oxygens (including phenoxy) is 4. The number of fused-ring (bicyclic) bond motifs is 2. The van der Waals surface area contributed by atoms with Gasteiger partial charge in [0, 0.05) is 31.6 Å². The minimum Gasteiger partial charge on any atom is 0.122 e. The Balaban J connectivity index is 0.000000272. The van der Waals surface area contributed by atoms with Gasteiger partial charge in [-0.25, -0.2) is 8.42 Å². The van der Waals surface area contributed by atoms with Gasteiger partial charge in [0.1, 0.15) is 19.8 Å². The van der Waals surface area contributed by atoms with Crippen LogP contribution < -0.4 is 30.0 Å². The molecule has 0 radical (unpaired) electrons. The molecule has 73 heavy (non-hydrogen) atoms. The van der Waals surface area contributed by atoms with E-state index >= 15 is 0 Å². The summed E-state index contributed by atoms with van der Waals surface area (Å²) in [5.41, 5.74) is 7.34. The number of rotatable bonds is 27. The van der Waals surface area contributed by atoms with Gasteiger partial charge < -0.3 is 20.3 Å². The van der Waals surface area contributed by atoms with Crippen LogP contribution in [0.1, 0.15) is 77.3 Å². The summed E-state index contributed by atoms with van der Waals surface area (Å²) in [5.74, 6) is 1.73. The maximum atomic E-state index is 13.9. The molecule has 17 nitrogen and oxygen atoms in total. The third-order valence-electron chi connectivity index (χ3n) is 12.6. The van der Waals surface area contributed by atoms with Gasteiger partial charge in [-0.1, -0.05) is 44.2 Å². The minimum atomic E-state index is -4.04. The van der Waals surface area contributed by atoms with Gasteiger partial charge in [-0.3, -0.25) is 0 Å². The molecule has 0 aliphatic carbocycles. The van der Waals surface area contributed by atoms with Crippen molar-refractivity contribution in [3.8, 4) is 35.1 Å². The van der Waals surface area contributed by atoms with E-state index in [-0.39, 0.29) is 42.4 Å². The smallest absolute Gasteiger partial charge is 0.122 e. The molecule has 0 aromatic heterocycles. The fourth-order valence-corrected chi connectivity index (χ4v) is 12.0. The van der Waals surface area contributed by atoms with Gasteiger partial charge in [0.25, 0.3) is 0 Å². The molecule has 2 aliphatic rings. The van der Waals surface area contributed by atoms with Crippen LogP contribution in [0.5, 0.6) is 23.0 Å².